The number of aromatic nitrogens is 1. The smallest absolute Gasteiger partial charge is 0.338 e. The number of hydrogen-bond acceptors (Lipinski definition) is 5. The number of benzene rings is 1. The van der Waals surface area contributed by atoms with E-state index >= 15 is 0 Å². The van der Waals surface area contributed by atoms with Gasteiger partial charge in [0, 0.05) is 11.6 Å². The van der Waals surface area contributed by atoms with E-state index in [0.717, 1.165) is 16.5 Å². The molecule has 0 bridgehead atoms. The SMILES string of the molecule is CCOC(=O)C1OC1c1ccnc2c(OC)cccc12. The Kier molecular flexibility index (Phi) is 3.28. The van der Waals surface area contributed by atoms with Crippen LogP contribution in [0.15, 0.2) is 30.5 Å². The number of hydrogen-bond donors (Lipinski definition) is 0. The summed E-state index contributed by atoms with van der Waals surface area (Å²) in [6, 6.07) is 7.57. The molecular weight excluding hydrogens is 258 g/mol. The Hall–Kier alpha value is -2.14. The molecular formula is C15H15NO4. The molecule has 1 aliphatic rings. The number of fused-ring (bicyclic) bond motifs is 1. The van der Waals surface area contributed by atoms with E-state index in [2.05, 4.69) is 4.98 Å². The average Bonchev–Trinajstić information content (AvgIpc) is 3.26. The van der Waals surface area contributed by atoms with Gasteiger partial charge in [0.15, 0.2) is 6.10 Å². The zero-order valence-corrected chi connectivity index (χ0v) is 11.3. The van der Waals surface area contributed by atoms with E-state index in [1.54, 1.807) is 20.2 Å². The molecule has 20 heavy (non-hydrogen) atoms. The van der Waals surface area contributed by atoms with Crippen molar-refractivity contribution in [2.75, 3.05) is 13.7 Å². The molecule has 0 N–H and O–H groups in total. The fraction of sp³-hybridized carbons (Fsp3) is 0.333. The van der Waals surface area contributed by atoms with Gasteiger partial charge < -0.3 is 14.2 Å². The number of methoxy groups -OCH3 is 1. The fourth-order valence-electron chi connectivity index (χ4n) is 2.34. The highest BCUT2D eigenvalue weighted by Crippen LogP contribution is 2.43. The van der Waals surface area contributed by atoms with Crippen molar-refractivity contribution in [3.05, 3.63) is 36.0 Å². The van der Waals surface area contributed by atoms with Crippen LogP contribution in [0.1, 0.15) is 18.6 Å². The summed E-state index contributed by atoms with van der Waals surface area (Å²) in [7, 11) is 1.61. The first kappa shape index (κ1) is 12.9. The van der Waals surface area contributed by atoms with Crippen LogP contribution in [-0.2, 0) is 14.3 Å². The number of nitrogens with zero attached hydrogens (tertiary/aromatic N) is 1. The molecule has 5 nitrogen and oxygen atoms in total. The van der Waals surface area contributed by atoms with E-state index < -0.39 is 6.10 Å². The van der Waals surface area contributed by atoms with Crippen LogP contribution in [0.5, 0.6) is 5.75 Å². The van der Waals surface area contributed by atoms with Crippen LogP contribution in [-0.4, -0.2) is 30.8 Å². The number of esters is 1. The largest absolute Gasteiger partial charge is 0.494 e. The zero-order chi connectivity index (χ0) is 14.1. The lowest BCUT2D eigenvalue weighted by Crippen LogP contribution is -2.11. The summed E-state index contributed by atoms with van der Waals surface area (Å²) in [5, 5.41) is 0.934. The monoisotopic (exact) mass is 273 g/mol. The molecule has 0 aliphatic carbocycles. The first-order valence-electron chi connectivity index (χ1n) is 6.50. The predicted molar refractivity (Wildman–Crippen MR) is 72.5 cm³/mol. The second kappa shape index (κ2) is 5.09. The topological polar surface area (TPSA) is 61.0 Å². The van der Waals surface area contributed by atoms with Crippen molar-refractivity contribution in [2.24, 2.45) is 0 Å². The summed E-state index contributed by atoms with van der Waals surface area (Å²) in [5.41, 5.74) is 1.71. The maximum Gasteiger partial charge on any atom is 0.338 e. The van der Waals surface area contributed by atoms with Crippen LogP contribution in [0.4, 0.5) is 0 Å². The molecule has 0 saturated carbocycles. The minimum Gasteiger partial charge on any atom is -0.494 e. The molecule has 1 fully saturated rings. The van der Waals surface area contributed by atoms with E-state index in [1.807, 2.05) is 24.3 Å². The molecule has 2 heterocycles. The van der Waals surface area contributed by atoms with Crippen LogP contribution in [0, 0.1) is 0 Å². The van der Waals surface area contributed by atoms with Crippen LogP contribution in [0.25, 0.3) is 10.9 Å². The Morgan fingerprint density at radius 1 is 1.40 bits per heavy atom. The van der Waals surface area contributed by atoms with Crippen molar-refractivity contribution in [2.45, 2.75) is 19.1 Å². The Labute approximate surface area is 116 Å². The van der Waals surface area contributed by atoms with E-state index in [0.29, 0.717) is 12.4 Å². The number of carbonyl (C=O) groups is 1. The molecule has 1 aliphatic heterocycles. The van der Waals surface area contributed by atoms with E-state index in [1.165, 1.54) is 0 Å². The van der Waals surface area contributed by atoms with Crippen molar-refractivity contribution in [1.29, 1.82) is 0 Å². The van der Waals surface area contributed by atoms with Gasteiger partial charge in [-0.25, -0.2) is 4.79 Å². The quantitative estimate of drug-likeness (QED) is 0.631. The highest BCUT2D eigenvalue weighted by atomic mass is 16.6. The molecule has 5 heteroatoms. The summed E-state index contributed by atoms with van der Waals surface area (Å²) in [4.78, 5) is 16.0. The summed E-state index contributed by atoms with van der Waals surface area (Å²) < 4.78 is 15.7. The normalized spacial score (nSPS) is 20.7. The van der Waals surface area contributed by atoms with Gasteiger partial charge in [-0.2, -0.15) is 0 Å². The third-order valence-corrected chi connectivity index (χ3v) is 3.30. The second-order valence-electron chi connectivity index (χ2n) is 4.49. The van der Waals surface area contributed by atoms with Gasteiger partial charge in [0.1, 0.15) is 17.4 Å². The first-order valence-corrected chi connectivity index (χ1v) is 6.50. The molecule has 0 radical (unpaired) electrons. The van der Waals surface area contributed by atoms with Gasteiger partial charge in [-0.1, -0.05) is 12.1 Å². The lowest BCUT2D eigenvalue weighted by atomic mass is 10.0. The Bertz CT molecular complexity index is 655. The van der Waals surface area contributed by atoms with Crippen LogP contribution >= 0.6 is 0 Å². The third kappa shape index (κ3) is 2.10. The molecule has 0 amide bonds. The maximum atomic E-state index is 11.7. The predicted octanol–water partition coefficient (Wildman–Crippen LogP) is 2.25. The molecule has 1 saturated heterocycles. The maximum absolute atomic E-state index is 11.7. The molecule has 0 spiro atoms. The highest BCUT2D eigenvalue weighted by molar-refractivity contribution is 5.89. The number of carbonyl (C=O) groups excluding carboxylic acids is 1. The van der Waals surface area contributed by atoms with Gasteiger partial charge in [0.2, 0.25) is 0 Å². The highest BCUT2D eigenvalue weighted by Gasteiger charge is 2.48. The van der Waals surface area contributed by atoms with Crippen molar-refractivity contribution >= 4 is 16.9 Å². The lowest BCUT2D eigenvalue weighted by Gasteiger charge is -2.07. The first-order chi connectivity index (χ1) is 9.76. The van der Waals surface area contributed by atoms with Crippen LogP contribution < -0.4 is 4.74 Å². The zero-order valence-electron chi connectivity index (χ0n) is 11.3. The standard InChI is InChI=1S/C15H15NO4/c1-3-19-15(17)14-13(20-14)10-7-8-16-12-9(10)5-4-6-11(12)18-2/h4-8,13-14H,3H2,1-2H3. The van der Waals surface area contributed by atoms with Gasteiger partial charge in [-0.3, -0.25) is 4.98 Å². The van der Waals surface area contributed by atoms with E-state index in [9.17, 15) is 4.79 Å². The number of epoxide rings is 1. The van der Waals surface area contributed by atoms with Crippen molar-refractivity contribution in [3.63, 3.8) is 0 Å². The van der Waals surface area contributed by atoms with E-state index in [4.69, 9.17) is 14.2 Å². The van der Waals surface area contributed by atoms with Gasteiger partial charge in [-0.15, -0.1) is 0 Å². The third-order valence-electron chi connectivity index (χ3n) is 3.30. The van der Waals surface area contributed by atoms with Crippen LogP contribution in [0.3, 0.4) is 0 Å². The molecule has 1 aromatic carbocycles. The molecule has 2 aromatic rings. The molecule has 1 aromatic heterocycles. The van der Waals surface area contributed by atoms with E-state index in [-0.39, 0.29) is 12.1 Å². The molecule has 2 unspecified atom stereocenters. The number of pyridine rings is 1. The van der Waals surface area contributed by atoms with Gasteiger partial charge in [0.25, 0.3) is 0 Å². The van der Waals surface area contributed by atoms with Gasteiger partial charge in [0.05, 0.1) is 13.7 Å². The minimum atomic E-state index is -0.508. The molecule has 3 rings (SSSR count). The number of rotatable bonds is 4. The van der Waals surface area contributed by atoms with Crippen molar-refractivity contribution < 1.29 is 19.0 Å². The summed E-state index contributed by atoms with van der Waals surface area (Å²) >= 11 is 0. The number of para-hydroxylation sites is 1. The van der Waals surface area contributed by atoms with Gasteiger partial charge >= 0.3 is 5.97 Å². The van der Waals surface area contributed by atoms with Crippen molar-refractivity contribution in [3.8, 4) is 5.75 Å². The lowest BCUT2D eigenvalue weighted by molar-refractivity contribution is -0.144. The Morgan fingerprint density at radius 3 is 3.00 bits per heavy atom. The number of ether oxygens (including phenoxy) is 3. The van der Waals surface area contributed by atoms with Crippen molar-refractivity contribution in [1.82, 2.24) is 4.98 Å². The molecule has 2 atom stereocenters. The van der Waals surface area contributed by atoms with Crippen LogP contribution in [0.2, 0.25) is 0 Å². The summed E-state index contributed by atoms with van der Waals surface area (Å²) in [6.45, 7) is 2.14. The Morgan fingerprint density at radius 2 is 2.25 bits per heavy atom. The molecule has 104 valence electrons. The fourth-order valence-corrected chi connectivity index (χ4v) is 2.34. The second-order valence-corrected chi connectivity index (χ2v) is 4.49. The Balaban J connectivity index is 1.96. The van der Waals surface area contributed by atoms with Gasteiger partial charge in [-0.05, 0) is 24.6 Å². The summed E-state index contributed by atoms with van der Waals surface area (Å²) in [5.74, 6) is 0.392. The minimum absolute atomic E-state index is 0.258. The summed E-state index contributed by atoms with van der Waals surface area (Å²) in [6.07, 6.45) is 0.933. The average molecular weight is 273 g/mol.